The first-order valence-corrected chi connectivity index (χ1v) is 9.74. The lowest BCUT2D eigenvalue weighted by Gasteiger charge is -2.27. The van der Waals surface area contributed by atoms with Gasteiger partial charge in [-0.3, -0.25) is 14.2 Å². The number of carbonyl (C=O) groups excluding carboxylic acids is 1. The average molecular weight is 405 g/mol. The lowest BCUT2D eigenvalue weighted by atomic mass is 9.90. The first-order chi connectivity index (χ1) is 12.7. The van der Waals surface area contributed by atoms with Gasteiger partial charge in [-0.2, -0.15) is 5.26 Å². The number of nitrogens with zero attached hydrogens (tertiary/aromatic N) is 3. The predicted molar refractivity (Wildman–Crippen MR) is 109 cm³/mol. The van der Waals surface area contributed by atoms with Crippen LogP contribution in [0.1, 0.15) is 20.8 Å². The van der Waals surface area contributed by atoms with Crippen LogP contribution in [-0.2, 0) is 11.3 Å². The van der Waals surface area contributed by atoms with Gasteiger partial charge in [-0.1, -0.05) is 43.3 Å². The molecule has 0 saturated carbocycles. The number of carbonyl (C=O) groups is 1. The lowest BCUT2D eigenvalue weighted by Crippen LogP contribution is -2.49. The Balaban J connectivity index is 2.30. The first-order valence-electron chi connectivity index (χ1n) is 8.38. The van der Waals surface area contributed by atoms with Crippen LogP contribution in [0.4, 0.5) is 0 Å². The highest BCUT2D eigenvalue weighted by molar-refractivity contribution is 7.99. The summed E-state index contributed by atoms with van der Waals surface area (Å²) >= 11 is 7.12. The van der Waals surface area contributed by atoms with E-state index < -0.39 is 5.54 Å². The third-order valence-electron chi connectivity index (χ3n) is 4.31. The van der Waals surface area contributed by atoms with E-state index in [1.165, 1.54) is 4.57 Å². The van der Waals surface area contributed by atoms with E-state index in [-0.39, 0.29) is 29.7 Å². The van der Waals surface area contributed by atoms with E-state index in [0.717, 1.165) is 11.8 Å². The quantitative estimate of drug-likeness (QED) is 0.434. The summed E-state index contributed by atoms with van der Waals surface area (Å²) in [5.74, 6) is -0.306. The molecule has 2 aromatic rings. The fourth-order valence-corrected chi connectivity index (χ4v) is 3.31. The topological polar surface area (TPSA) is 87.8 Å². The second-order valence-electron chi connectivity index (χ2n) is 6.57. The number of nitrogens with one attached hydrogen (secondary N) is 1. The van der Waals surface area contributed by atoms with Crippen LogP contribution in [0, 0.1) is 17.2 Å². The number of nitriles is 1. The predicted octanol–water partition coefficient (Wildman–Crippen LogP) is 3.38. The van der Waals surface area contributed by atoms with Crippen molar-refractivity contribution in [1.82, 2.24) is 14.9 Å². The zero-order chi connectivity index (χ0) is 20.2. The maximum Gasteiger partial charge on any atom is 0.262 e. The second-order valence-corrected chi connectivity index (χ2v) is 7.94. The van der Waals surface area contributed by atoms with Gasteiger partial charge in [-0.25, -0.2) is 4.98 Å². The molecule has 1 atom stereocenters. The van der Waals surface area contributed by atoms with Crippen LogP contribution < -0.4 is 10.9 Å². The molecule has 0 aliphatic heterocycles. The summed E-state index contributed by atoms with van der Waals surface area (Å²) in [7, 11) is 0. The molecule has 2 rings (SSSR count). The normalized spacial score (nSPS) is 13.2. The van der Waals surface area contributed by atoms with Crippen molar-refractivity contribution < 1.29 is 4.79 Å². The molecule has 0 aliphatic carbocycles. The molecule has 1 aromatic heterocycles. The molecule has 27 heavy (non-hydrogen) atoms. The van der Waals surface area contributed by atoms with Crippen LogP contribution in [-0.4, -0.2) is 26.8 Å². The highest BCUT2D eigenvalue weighted by Crippen LogP contribution is 2.21. The largest absolute Gasteiger partial charge is 0.337 e. The molecule has 0 radical (unpaired) electrons. The number of halogens is 1. The summed E-state index contributed by atoms with van der Waals surface area (Å²) in [6, 6.07) is 7.05. The molecule has 0 fully saturated rings. The van der Waals surface area contributed by atoms with Crippen LogP contribution in [0.3, 0.4) is 0 Å². The molecule has 8 heteroatoms. The van der Waals surface area contributed by atoms with E-state index in [0.29, 0.717) is 21.1 Å². The van der Waals surface area contributed by atoms with E-state index in [1.807, 2.05) is 13.8 Å². The van der Waals surface area contributed by atoms with Crippen molar-refractivity contribution in [3.8, 4) is 6.07 Å². The van der Waals surface area contributed by atoms with Crippen molar-refractivity contribution in [3.63, 3.8) is 0 Å². The minimum atomic E-state index is -0.952. The summed E-state index contributed by atoms with van der Waals surface area (Å²) in [5.41, 5.74) is -0.683. The van der Waals surface area contributed by atoms with Gasteiger partial charge in [-0.15, -0.1) is 6.58 Å². The van der Waals surface area contributed by atoms with Gasteiger partial charge in [0.25, 0.3) is 5.56 Å². The summed E-state index contributed by atoms with van der Waals surface area (Å²) in [6.07, 6.45) is 1.59. The first kappa shape index (κ1) is 21.0. The Morgan fingerprint density at radius 3 is 2.85 bits per heavy atom. The minimum Gasteiger partial charge on any atom is -0.337 e. The third-order valence-corrected chi connectivity index (χ3v) is 5.52. The van der Waals surface area contributed by atoms with Gasteiger partial charge in [0.05, 0.1) is 22.7 Å². The van der Waals surface area contributed by atoms with Crippen molar-refractivity contribution in [3.05, 3.63) is 46.2 Å². The van der Waals surface area contributed by atoms with Crippen molar-refractivity contribution in [2.24, 2.45) is 5.92 Å². The molecule has 1 amide bonds. The Morgan fingerprint density at radius 1 is 1.56 bits per heavy atom. The van der Waals surface area contributed by atoms with Crippen LogP contribution in [0.2, 0.25) is 5.02 Å². The number of thioether (sulfide) groups is 1. The van der Waals surface area contributed by atoms with Crippen molar-refractivity contribution in [1.29, 1.82) is 5.26 Å². The smallest absolute Gasteiger partial charge is 0.262 e. The van der Waals surface area contributed by atoms with Crippen molar-refractivity contribution in [2.75, 3.05) is 5.75 Å². The van der Waals surface area contributed by atoms with E-state index in [9.17, 15) is 14.9 Å². The van der Waals surface area contributed by atoms with Gasteiger partial charge in [0.1, 0.15) is 5.54 Å². The van der Waals surface area contributed by atoms with Crippen molar-refractivity contribution >= 4 is 40.2 Å². The van der Waals surface area contributed by atoms with Crippen LogP contribution in [0.15, 0.2) is 40.8 Å². The summed E-state index contributed by atoms with van der Waals surface area (Å²) in [5, 5.41) is 13.4. The van der Waals surface area contributed by atoms with Crippen LogP contribution in [0.25, 0.3) is 10.9 Å². The standard InChI is InChI=1S/C19H21ClN4O2S/c1-5-8-24-17(26)14-9-13(20)6-7-15(14)22-18(24)27-10-16(25)23-19(4,11-21)12(2)3/h5-7,9,12H,1,8,10H2,2-4H3,(H,23,25). The Hall–Kier alpha value is -2.30. The molecule has 0 saturated heterocycles. The second kappa shape index (κ2) is 8.59. The van der Waals surface area contributed by atoms with E-state index >= 15 is 0 Å². The Bertz CT molecular complexity index is 980. The van der Waals surface area contributed by atoms with Crippen molar-refractivity contribution in [2.45, 2.75) is 38.0 Å². The molecule has 1 aromatic carbocycles. The van der Waals surface area contributed by atoms with Crippen LogP contribution >= 0.6 is 23.4 Å². The summed E-state index contributed by atoms with van der Waals surface area (Å²) < 4.78 is 1.45. The Labute approximate surface area is 167 Å². The molecule has 0 spiro atoms. The SMILES string of the molecule is C=CCn1c(SCC(=O)NC(C)(C#N)C(C)C)nc2ccc(Cl)cc2c1=O. The van der Waals surface area contributed by atoms with Gasteiger partial charge >= 0.3 is 0 Å². The van der Waals surface area contributed by atoms with E-state index in [1.54, 1.807) is 31.2 Å². The number of rotatable bonds is 7. The highest BCUT2D eigenvalue weighted by Gasteiger charge is 2.30. The number of fused-ring (bicyclic) bond motifs is 1. The lowest BCUT2D eigenvalue weighted by molar-refractivity contribution is -0.120. The zero-order valence-electron chi connectivity index (χ0n) is 15.5. The molecular weight excluding hydrogens is 384 g/mol. The maximum atomic E-state index is 12.8. The van der Waals surface area contributed by atoms with Gasteiger partial charge in [-0.05, 0) is 31.0 Å². The Morgan fingerprint density at radius 2 is 2.26 bits per heavy atom. The van der Waals surface area contributed by atoms with Crippen LogP contribution in [0.5, 0.6) is 0 Å². The van der Waals surface area contributed by atoms with E-state index in [4.69, 9.17) is 11.6 Å². The fourth-order valence-electron chi connectivity index (χ4n) is 2.33. The number of hydrogen-bond donors (Lipinski definition) is 1. The molecular formula is C19H21ClN4O2S. The third kappa shape index (κ3) is 4.71. The van der Waals surface area contributed by atoms with Gasteiger partial charge < -0.3 is 5.32 Å². The number of allylic oxidation sites excluding steroid dienone is 1. The number of aromatic nitrogens is 2. The highest BCUT2D eigenvalue weighted by atomic mass is 35.5. The Kier molecular flexibility index (Phi) is 6.68. The molecule has 0 aliphatic rings. The monoisotopic (exact) mass is 404 g/mol. The zero-order valence-corrected chi connectivity index (χ0v) is 17.0. The summed E-state index contributed by atoms with van der Waals surface area (Å²) in [6.45, 7) is 9.36. The average Bonchev–Trinajstić information content (AvgIpc) is 2.63. The van der Waals surface area contributed by atoms with Gasteiger partial charge in [0, 0.05) is 11.6 Å². The molecule has 142 valence electrons. The summed E-state index contributed by atoms with van der Waals surface area (Å²) in [4.78, 5) is 29.6. The molecule has 1 N–H and O–H groups in total. The fraction of sp³-hybridized carbons (Fsp3) is 0.368. The number of hydrogen-bond acceptors (Lipinski definition) is 5. The van der Waals surface area contributed by atoms with Gasteiger partial charge in [0.2, 0.25) is 5.91 Å². The van der Waals surface area contributed by atoms with E-state index in [2.05, 4.69) is 22.9 Å². The number of benzene rings is 1. The maximum absolute atomic E-state index is 12.8. The molecule has 1 heterocycles. The number of amides is 1. The molecule has 1 unspecified atom stereocenters. The minimum absolute atomic E-state index is 0.0344. The molecule has 6 nitrogen and oxygen atoms in total. The van der Waals surface area contributed by atoms with Gasteiger partial charge in [0.15, 0.2) is 5.16 Å². The molecule has 0 bridgehead atoms.